The molecular formula is C13H18N4O4. The lowest BCUT2D eigenvalue weighted by Crippen LogP contribution is -2.32. The van der Waals surface area contributed by atoms with Gasteiger partial charge in [-0.25, -0.2) is 4.98 Å². The SMILES string of the molecule is CNc1cc(C(=O)NCC2CCOCC2)c([N+](=O)[O-])cn1. The zero-order chi connectivity index (χ0) is 15.2. The maximum absolute atomic E-state index is 12.2. The van der Waals surface area contributed by atoms with Gasteiger partial charge in [0.15, 0.2) is 0 Å². The third-order valence-corrected chi connectivity index (χ3v) is 3.47. The Hall–Kier alpha value is -2.22. The van der Waals surface area contributed by atoms with E-state index in [9.17, 15) is 14.9 Å². The molecule has 8 heteroatoms. The van der Waals surface area contributed by atoms with Crippen molar-refractivity contribution in [2.24, 2.45) is 5.92 Å². The number of carbonyl (C=O) groups is 1. The quantitative estimate of drug-likeness (QED) is 0.624. The highest BCUT2D eigenvalue weighted by atomic mass is 16.6. The Morgan fingerprint density at radius 1 is 1.52 bits per heavy atom. The van der Waals surface area contributed by atoms with Crippen LogP contribution in [0.2, 0.25) is 0 Å². The first kappa shape index (κ1) is 15.2. The van der Waals surface area contributed by atoms with E-state index in [1.807, 2.05) is 0 Å². The molecule has 8 nitrogen and oxygen atoms in total. The molecule has 0 unspecified atom stereocenters. The van der Waals surface area contributed by atoms with Gasteiger partial charge in [0, 0.05) is 32.9 Å². The Bertz CT molecular complexity index is 529. The normalized spacial score (nSPS) is 15.5. The third-order valence-electron chi connectivity index (χ3n) is 3.47. The number of rotatable bonds is 5. The average Bonchev–Trinajstić information content (AvgIpc) is 2.52. The summed E-state index contributed by atoms with van der Waals surface area (Å²) in [6, 6.07) is 1.39. The molecule has 0 bridgehead atoms. The molecule has 0 spiro atoms. The van der Waals surface area contributed by atoms with E-state index >= 15 is 0 Å². The van der Waals surface area contributed by atoms with Crippen LogP contribution in [0.4, 0.5) is 11.5 Å². The van der Waals surface area contributed by atoms with Crippen LogP contribution in [0.1, 0.15) is 23.2 Å². The highest BCUT2D eigenvalue weighted by Crippen LogP contribution is 2.20. The second kappa shape index (κ2) is 6.98. The van der Waals surface area contributed by atoms with E-state index in [0.29, 0.717) is 31.5 Å². The summed E-state index contributed by atoms with van der Waals surface area (Å²) in [7, 11) is 1.64. The van der Waals surface area contributed by atoms with Crippen LogP contribution in [0.3, 0.4) is 0 Å². The summed E-state index contributed by atoms with van der Waals surface area (Å²) < 4.78 is 5.25. The highest BCUT2D eigenvalue weighted by Gasteiger charge is 2.22. The summed E-state index contributed by atoms with van der Waals surface area (Å²) in [6.07, 6.45) is 2.87. The summed E-state index contributed by atoms with van der Waals surface area (Å²) in [5.74, 6) is 0.316. The standard InChI is InChI=1S/C13H18N4O4/c1-14-12-6-10(11(8-15-12)17(19)20)13(18)16-7-9-2-4-21-5-3-9/h6,8-9H,2-5,7H2,1H3,(H,14,15)(H,16,18). The Balaban J connectivity index is 2.07. The molecule has 0 atom stereocenters. The van der Waals surface area contributed by atoms with E-state index in [4.69, 9.17) is 4.74 Å². The van der Waals surface area contributed by atoms with Gasteiger partial charge in [0.25, 0.3) is 11.6 Å². The number of aromatic nitrogens is 1. The summed E-state index contributed by atoms with van der Waals surface area (Å²) in [4.78, 5) is 26.4. The van der Waals surface area contributed by atoms with Gasteiger partial charge >= 0.3 is 0 Å². The van der Waals surface area contributed by atoms with E-state index in [1.54, 1.807) is 7.05 Å². The number of ether oxygens (including phenoxy) is 1. The molecule has 1 aromatic rings. The van der Waals surface area contributed by atoms with E-state index in [-0.39, 0.29) is 11.3 Å². The molecule has 2 rings (SSSR count). The van der Waals surface area contributed by atoms with Gasteiger partial charge in [0.2, 0.25) is 0 Å². The molecule has 1 saturated heterocycles. The largest absolute Gasteiger partial charge is 0.381 e. The molecule has 2 N–H and O–H groups in total. The minimum atomic E-state index is -0.601. The van der Waals surface area contributed by atoms with E-state index in [0.717, 1.165) is 19.0 Å². The summed E-state index contributed by atoms with van der Waals surface area (Å²) in [6.45, 7) is 1.89. The number of carbonyl (C=O) groups excluding carboxylic acids is 1. The number of nitrogens with zero attached hydrogens (tertiary/aromatic N) is 2. The molecule has 2 heterocycles. The zero-order valence-electron chi connectivity index (χ0n) is 11.8. The topological polar surface area (TPSA) is 106 Å². The number of anilines is 1. The van der Waals surface area contributed by atoms with E-state index in [1.165, 1.54) is 6.07 Å². The first-order valence-corrected chi connectivity index (χ1v) is 6.80. The van der Waals surface area contributed by atoms with Gasteiger partial charge < -0.3 is 15.4 Å². The van der Waals surface area contributed by atoms with Crippen molar-refractivity contribution in [2.75, 3.05) is 32.1 Å². The lowest BCUT2D eigenvalue weighted by atomic mass is 10.0. The fourth-order valence-corrected chi connectivity index (χ4v) is 2.20. The van der Waals surface area contributed by atoms with Crippen molar-refractivity contribution in [3.63, 3.8) is 0 Å². The number of pyridine rings is 1. The van der Waals surface area contributed by atoms with Gasteiger partial charge in [-0.1, -0.05) is 0 Å². The van der Waals surface area contributed by atoms with Crippen LogP contribution in [0, 0.1) is 16.0 Å². The van der Waals surface area contributed by atoms with Crippen molar-refractivity contribution in [2.45, 2.75) is 12.8 Å². The number of nitrogens with one attached hydrogen (secondary N) is 2. The lowest BCUT2D eigenvalue weighted by molar-refractivity contribution is -0.385. The molecule has 114 valence electrons. The van der Waals surface area contributed by atoms with Gasteiger partial charge in [0.05, 0.1) is 4.92 Å². The zero-order valence-corrected chi connectivity index (χ0v) is 11.8. The summed E-state index contributed by atoms with van der Waals surface area (Å²) in [5, 5.41) is 16.5. The predicted molar refractivity (Wildman–Crippen MR) is 76.3 cm³/mol. The fraction of sp³-hybridized carbons (Fsp3) is 0.538. The third kappa shape index (κ3) is 3.88. The van der Waals surface area contributed by atoms with Crippen molar-refractivity contribution >= 4 is 17.4 Å². The number of hydrogen-bond donors (Lipinski definition) is 2. The molecule has 21 heavy (non-hydrogen) atoms. The maximum Gasteiger partial charge on any atom is 0.300 e. The number of hydrogen-bond acceptors (Lipinski definition) is 6. The van der Waals surface area contributed by atoms with Crippen molar-refractivity contribution in [1.29, 1.82) is 0 Å². The Morgan fingerprint density at radius 2 is 2.24 bits per heavy atom. The van der Waals surface area contributed by atoms with Gasteiger partial charge in [-0.2, -0.15) is 0 Å². The van der Waals surface area contributed by atoms with Crippen LogP contribution in [0.15, 0.2) is 12.3 Å². The highest BCUT2D eigenvalue weighted by molar-refractivity contribution is 5.98. The van der Waals surface area contributed by atoms with Crippen LogP contribution < -0.4 is 10.6 Å². The number of nitro groups is 1. The average molecular weight is 294 g/mol. The van der Waals surface area contributed by atoms with Gasteiger partial charge in [0.1, 0.15) is 17.6 Å². The molecule has 0 saturated carbocycles. The van der Waals surface area contributed by atoms with Crippen LogP contribution in [-0.4, -0.2) is 42.6 Å². The summed E-state index contributed by atoms with van der Waals surface area (Å²) >= 11 is 0. The molecule has 1 fully saturated rings. The van der Waals surface area contributed by atoms with Crippen molar-refractivity contribution in [3.05, 3.63) is 27.9 Å². The minimum absolute atomic E-state index is 0.0198. The van der Waals surface area contributed by atoms with Crippen molar-refractivity contribution < 1.29 is 14.5 Å². The molecule has 0 radical (unpaired) electrons. The molecule has 0 aromatic carbocycles. The first-order valence-electron chi connectivity index (χ1n) is 6.80. The first-order chi connectivity index (χ1) is 10.1. The van der Waals surface area contributed by atoms with Gasteiger partial charge in [-0.3, -0.25) is 14.9 Å². The van der Waals surface area contributed by atoms with Gasteiger partial charge in [-0.15, -0.1) is 0 Å². The predicted octanol–water partition coefficient (Wildman–Crippen LogP) is 1.19. The van der Waals surface area contributed by atoms with Crippen LogP contribution >= 0.6 is 0 Å². The fourth-order valence-electron chi connectivity index (χ4n) is 2.20. The number of amides is 1. The molecule has 1 aromatic heterocycles. The van der Waals surface area contributed by atoms with Crippen molar-refractivity contribution in [1.82, 2.24) is 10.3 Å². The van der Waals surface area contributed by atoms with Crippen LogP contribution in [-0.2, 0) is 4.74 Å². The monoisotopic (exact) mass is 294 g/mol. The lowest BCUT2D eigenvalue weighted by Gasteiger charge is -2.22. The minimum Gasteiger partial charge on any atom is -0.381 e. The Labute approximate surface area is 122 Å². The molecular weight excluding hydrogens is 276 g/mol. The molecule has 0 aliphatic carbocycles. The second-order valence-corrected chi connectivity index (χ2v) is 4.86. The van der Waals surface area contributed by atoms with Crippen molar-refractivity contribution in [3.8, 4) is 0 Å². The van der Waals surface area contributed by atoms with Crippen LogP contribution in [0.25, 0.3) is 0 Å². The smallest absolute Gasteiger partial charge is 0.300 e. The maximum atomic E-state index is 12.2. The van der Waals surface area contributed by atoms with Gasteiger partial charge in [-0.05, 0) is 18.8 Å². The molecule has 1 amide bonds. The Morgan fingerprint density at radius 3 is 2.86 bits per heavy atom. The van der Waals surface area contributed by atoms with E-state index < -0.39 is 10.8 Å². The summed E-state index contributed by atoms with van der Waals surface area (Å²) in [5.41, 5.74) is -0.273. The molecule has 1 aliphatic heterocycles. The van der Waals surface area contributed by atoms with Crippen LogP contribution in [0.5, 0.6) is 0 Å². The second-order valence-electron chi connectivity index (χ2n) is 4.86. The van der Waals surface area contributed by atoms with E-state index in [2.05, 4.69) is 15.6 Å². The molecule has 1 aliphatic rings. The Kier molecular flexibility index (Phi) is 5.04.